The van der Waals surface area contributed by atoms with Gasteiger partial charge < -0.3 is 20.9 Å². The van der Waals surface area contributed by atoms with Gasteiger partial charge in [0.05, 0.1) is 24.8 Å². The summed E-state index contributed by atoms with van der Waals surface area (Å²) < 4.78 is 5.09. The summed E-state index contributed by atoms with van der Waals surface area (Å²) in [6, 6.07) is 7.07. The average molecular weight is 393 g/mol. The molecule has 9 nitrogen and oxygen atoms in total. The van der Waals surface area contributed by atoms with Crippen molar-refractivity contribution in [1.29, 1.82) is 0 Å². The second-order valence-corrected chi connectivity index (χ2v) is 5.12. The predicted octanol–water partition coefficient (Wildman–Crippen LogP) is 2.98. The van der Waals surface area contributed by atoms with Crippen LogP contribution in [0.1, 0.15) is 20.8 Å². The minimum absolute atomic E-state index is 0.0389. The van der Waals surface area contributed by atoms with Crippen LogP contribution in [-0.2, 0) is 9.59 Å². The van der Waals surface area contributed by atoms with E-state index in [1.807, 2.05) is 19.9 Å². The number of hydrogen-bond acceptors (Lipinski definition) is 8. The van der Waals surface area contributed by atoms with Crippen LogP contribution >= 0.6 is 0 Å². The van der Waals surface area contributed by atoms with Crippen LogP contribution in [0, 0.1) is 10.1 Å². The van der Waals surface area contributed by atoms with E-state index in [1.54, 1.807) is 24.3 Å². The van der Waals surface area contributed by atoms with Crippen molar-refractivity contribution in [3.8, 4) is 5.75 Å². The number of aliphatic hydroxyl groups is 1. The number of nitrogens with zero attached hydrogens (tertiary/aromatic N) is 1. The van der Waals surface area contributed by atoms with Crippen LogP contribution < -0.4 is 15.8 Å². The van der Waals surface area contributed by atoms with E-state index in [9.17, 15) is 19.7 Å². The third-order valence-corrected chi connectivity index (χ3v) is 2.80. The molecule has 0 aromatic heterocycles. The van der Waals surface area contributed by atoms with Gasteiger partial charge in [-0.25, -0.2) is 0 Å². The van der Waals surface area contributed by atoms with E-state index in [0.717, 1.165) is 11.8 Å². The smallest absolute Gasteiger partial charge is 0.243 e. The molecule has 0 saturated carbocycles. The number of methoxy groups -OCH3 is 1. The molecule has 9 heteroatoms. The zero-order valence-corrected chi connectivity index (χ0v) is 16.5. The number of carbonyl (C=O) groups is 2. The molecule has 0 aliphatic carbocycles. The highest BCUT2D eigenvalue weighted by molar-refractivity contribution is 6.43. The number of ether oxygens (including phenoxy) is 1. The van der Waals surface area contributed by atoms with E-state index in [4.69, 9.17) is 15.6 Å². The molecule has 4 N–H and O–H groups in total. The summed E-state index contributed by atoms with van der Waals surface area (Å²) in [7, 11) is 1.52. The van der Waals surface area contributed by atoms with Gasteiger partial charge in [-0.3, -0.25) is 19.7 Å². The maximum absolute atomic E-state index is 11.3. The van der Waals surface area contributed by atoms with Crippen LogP contribution in [0.15, 0.2) is 60.7 Å². The molecule has 0 heterocycles. The third kappa shape index (κ3) is 13.6. The Bertz CT molecular complexity index is 722. The molecule has 0 saturated heterocycles. The van der Waals surface area contributed by atoms with Crippen molar-refractivity contribution in [3.05, 3.63) is 70.8 Å². The van der Waals surface area contributed by atoms with E-state index in [0.29, 0.717) is 17.7 Å². The quantitative estimate of drug-likeness (QED) is 0.211. The number of ketones is 2. The molecule has 1 aromatic rings. The largest absolute Gasteiger partial charge is 0.516 e. The normalized spacial score (nSPS) is 9.93. The van der Waals surface area contributed by atoms with Crippen molar-refractivity contribution in [1.82, 2.24) is 0 Å². The number of hydrogen-bond donors (Lipinski definition) is 3. The van der Waals surface area contributed by atoms with Gasteiger partial charge in [-0.1, -0.05) is 24.8 Å². The number of allylic oxidation sites excluding steroid dienone is 3. The first-order chi connectivity index (χ1) is 13.1. The summed E-state index contributed by atoms with van der Waals surface area (Å²) in [5.41, 5.74) is 6.67. The van der Waals surface area contributed by atoms with Crippen LogP contribution in [0.5, 0.6) is 5.75 Å². The molecule has 28 heavy (non-hydrogen) atoms. The lowest BCUT2D eigenvalue weighted by Crippen LogP contribution is -2.17. The van der Waals surface area contributed by atoms with Crippen LogP contribution in [0.3, 0.4) is 0 Å². The van der Waals surface area contributed by atoms with Gasteiger partial charge in [-0.15, -0.1) is 0 Å². The molecule has 0 radical (unpaired) electrons. The lowest BCUT2D eigenvalue weighted by molar-refractivity contribution is -0.468. The molecule has 0 aliphatic rings. The lowest BCUT2D eigenvalue weighted by Gasteiger charge is -2.10. The van der Waals surface area contributed by atoms with Crippen molar-refractivity contribution in [2.75, 3.05) is 19.0 Å². The molecule has 154 valence electrons. The number of nitrogens with one attached hydrogen (secondary N) is 1. The van der Waals surface area contributed by atoms with Crippen LogP contribution in [0.25, 0.3) is 0 Å². The standard InChI is InChI=1S/C12H13NO3.C4H9N.C3H5NO3/c1-8(12(15)9(2)14)13-10-6-4-5-7-11(10)16-3;1-3-4(2)5;5-3-1-2-4(6)7/h4-7,13H,1H2,2-3H3;3H,5H2,1-2H3;1,3,5H,2H2/b;4-3+;3-1+. The number of Topliss-reactive ketones (excluding diaryl/α,β-unsaturated/α-hetero) is 2. The Morgan fingerprint density at radius 3 is 2.25 bits per heavy atom. The molecule has 1 aromatic carbocycles. The Kier molecular flexibility index (Phi) is 14.8. The van der Waals surface area contributed by atoms with Gasteiger partial charge in [0.2, 0.25) is 18.1 Å². The van der Waals surface area contributed by atoms with Crippen molar-refractivity contribution in [2.45, 2.75) is 20.8 Å². The lowest BCUT2D eigenvalue weighted by atomic mass is 10.2. The summed E-state index contributed by atoms with van der Waals surface area (Å²) in [4.78, 5) is 31.0. The summed E-state index contributed by atoms with van der Waals surface area (Å²) >= 11 is 0. The number of nitro groups is 1. The highest BCUT2D eigenvalue weighted by atomic mass is 16.6. The van der Waals surface area contributed by atoms with Crippen molar-refractivity contribution < 1.29 is 24.4 Å². The Morgan fingerprint density at radius 2 is 1.89 bits per heavy atom. The fourth-order valence-electron chi connectivity index (χ4n) is 1.31. The van der Waals surface area contributed by atoms with Crippen molar-refractivity contribution in [2.24, 2.45) is 5.73 Å². The average Bonchev–Trinajstić information content (AvgIpc) is 2.66. The topological polar surface area (TPSA) is 145 Å². The van der Waals surface area contributed by atoms with Gasteiger partial charge in [0.1, 0.15) is 5.75 Å². The van der Waals surface area contributed by atoms with Crippen LogP contribution in [0.2, 0.25) is 0 Å². The van der Waals surface area contributed by atoms with Gasteiger partial charge >= 0.3 is 0 Å². The predicted molar refractivity (Wildman–Crippen MR) is 109 cm³/mol. The van der Waals surface area contributed by atoms with Crippen LogP contribution in [-0.4, -0.2) is 35.3 Å². The first-order valence-electron chi connectivity index (χ1n) is 8.04. The summed E-state index contributed by atoms with van der Waals surface area (Å²) in [5.74, 6) is -0.599. The first kappa shape index (κ1) is 26.6. The van der Waals surface area contributed by atoms with Gasteiger partial charge in [-0.05, 0) is 26.0 Å². The van der Waals surface area contributed by atoms with E-state index in [2.05, 4.69) is 11.9 Å². The summed E-state index contributed by atoms with van der Waals surface area (Å²) in [5, 5.41) is 20.0. The minimum atomic E-state index is -0.633. The number of para-hydroxylation sites is 2. The van der Waals surface area contributed by atoms with Gasteiger partial charge in [-0.2, -0.15) is 0 Å². The Balaban J connectivity index is 0. The maximum atomic E-state index is 11.3. The highest BCUT2D eigenvalue weighted by Gasteiger charge is 2.13. The zero-order chi connectivity index (χ0) is 22.1. The Morgan fingerprint density at radius 1 is 1.36 bits per heavy atom. The SMILES string of the molecule is C/C=C(\C)N.C=C(Nc1ccccc1OC)C(=O)C(C)=O.O=[N+]([O-])C/C=C/O. The molecule has 0 amide bonds. The number of nitrogens with two attached hydrogens (primary N) is 1. The number of carbonyl (C=O) groups excluding carboxylic acids is 2. The molecule has 0 fully saturated rings. The molecule has 0 spiro atoms. The molecule has 0 atom stereocenters. The number of aliphatic hydroxyl groups excluding tert-OH is 1. The van der Waals surface area contributed by atoms with Gasteiger partial charge in [0, 0.05) is 23.6 Å². The summed E-state index contributed by atoms with van der Waals surface area (Å²) in [6.45, 7) is 8.18. The Hall–Kier alpha value is -3.62. The second-order valence-electron chi connectivity index (χ2n) is 5.12. The highest BCUT2D eigenvalue weighted by Crippen LogP contribution is 2.24. The van der Waals surface area contributed by atoms with E-state index >= 15 is 0 Å². The summed E-state index contributed by atoms with van der Waals surface area (Å²) in [6.07, 6.45) is 3.57. The fourth-order valence-corrected chi connectivity index (χ4v) is 1.31. The van der Waals surface area contributed by atoms with Crippen LogP contribution in [0.4, 0.5) is 5.69 Å². The van der Waals surface area contributed by atoms with Gasteiger partial charge in [0.25, 0.3) is 0 Å². The number of anilines is 1. The minimum Gasteiger partial charge on any atom is -0.516 e. The number of rotatable bonds is 7. The van der Waals surface area contributed by atoms with E-state index in [1.165, 1.54) is 14.0 Å². The number of benzene rings is 1. The fraction of sp³-hybridized carbons (Fsp3) is 0.263. The van der Waals surface area contributed by atoms with Crippen molar-refractivity contribution in [3.63, 3.8) is 0 Å². The zero-order valence-electron chi connectivity index (χ0n) is 16.5. The monoisotopic (exact) mass is 393 g/mol. The van der Waals surface area contributed by atoms with E-state index < -0.39 is 16.5 Å². The Labute approximate surface area is 164 Å². The molecule has 0 bridgehead atoms. The second kappa shape index (κ2) is 15.6. The molecule has 0 aliphatic heterocycles. The van der Waals surface area contributed by atoms with E-state index in [-0.39, 0.29) is 12.2 Å². The van der Waals surface area contributed by atoms with Crippen molar-refractivity contribution >= 4 is 17.3 Å². The first-order valence-corrected chi connectivity index (χ1v) is 8.04. The molecular formula is C19H27N3O6. The molecule has 1 rings (SSSR count). The third-order valence-electron chi connectivity index (χ3n) is 2.80. The van der Waals surface area contributed by atoms with Gasteiger partial charge in [0.15, 0.2) is 0 Å². The maximum Gasteiger partial charge on any atom is 0.243 e. The molecule has 0 unspecified atom stereocenters. The molecular weight excluding hydrogens is 366 g/mol.